The van der Waals surface area contributed by atoms with Gasteiger partial charge >= 0.3 is 0 Å². The number of hydrogen-bond acceptors (Lipinski definition) is 5. The monoisotopic (exact) mass is 411 g/mol. The molecule has 2 heterocycles. The first kappa shape index (κ1) is 19.5. The molecular formula is C22H22FN3O2S. The molecular weight excluding hydrogens is 389 g/mol. The average molecular weight is 412 g/mol. The van der Waals surface area contributed by atoms with Crippen molar-refractivity contribution in [2.45, 2.75) is 6.54 Å². The van der Waals surface area contributed by atoms with Crippen molar-refractivity contribution in [2.24, 2.45) is 0 Å². The van der Waals surface area contributed by atoms with Crippen LogP contribution in [0.3, 0.4) is 0 Å². The minimum atomic E-state index is -0.330. The molecule has 150 valence electrons. The van der Waals surface area contributed by atoms with Gasteiger partial charge in [0.15, 0.2) is 0 Å². The van der Waals surface area contributed by atoms with Gasteiger partial charge in [-0.2, -0.15) is 0 Å². The Kier molecular flexibility index (Phi) is 5.87. The highest BCUT2D eigenvalue weighted by molar-refractivity contribution is 7.09. The number of rotatable bonds is 5. The molecule has 0 bridgehead atoms. The molecule has 4 rings (SSSR count). The Balaban J connectivity index is 1.33. The van der Waals surface area contributed by atoms with Crippen molar-refractivity contribution in [1.29, 1.82) is 0 Å². The van der Waals surface area contributed by atoms with Crippen molar-refractivity contribution < 1.29 is 13.9 Å². The number of halogens is 1. The Morgan fingerprint density at radius 1 is 1.14 bits per heavy atom. The molecule has 1 aliphatic rings. The highest BCUT2D eigenvalue weighted by atomic mass is 32.1. The van der Waals surface area contributed by atoms with Gasteiger partial charge in [-0.15, -0.1) is 11.3 Å². The number of ether oxygens (including phenoxy) is 1. The quantitative estimate of drug-likeness (QED) is 0.639. The third-order valence-electron chi connectivity index (χ3n) is 5.03. The van der Waals surface area contributed by atoms with Crippen LogP contribution >= 0.6 is 11.3 Å². The largest absolute Gasteiger partial charge is 0.497 e. The molecule has 0 atom stereocenters. The number of carbonyl (C=O) groups excluding carboxylic acids is 1. The van der Waals surface area contributed by atoms with Crippen molar-refractivity contribution in [3.8, 4) is 17.0 Å². The summed E-state index contributed by atoms with van der Waals surface area (Å²) in [6.07, 6.45) is 0. The van der Waals surface area contributed by atoms with Crippen LogP contribution in [0.2, 0.25) is 0 Å². The Morgan fingerprint density at radius 2 is 1.90 bits per heavy atom. The fourth-order valence-electron chi connectivity index (χ4n) is 3.37. The van der Waals surface area contributed by atoms with E-state index >= 15 is 0 Å². The van der Waals surface area contributed by atoms with Crippen molar-refractivity contribution in [3.05, 3.63) is 70.3 Å². The maximum Gasteiger partial charge on any atom is 0.253 e. The predicted molar refractivity (Wildman–Crippen MR) is 112 cm³/mol. The fourth-order valence-corrected chi connectivity index (χ4v) is 4.22. The van der Waals surface area contributed by atoms with Gasteiger partial charge in [0.25, 0.3) is 5.91 Å². The van der Waals surface area contributed by atoms with E-state index in [4.69, 9.17) is 9.72 Å². The topological polar surface area (TPSA) is 45.7 Å². The van der Waals surface area contributed by atoms with E-state index < -0.39 is 0 Å². The highest BCUT2D eigenvalue weighted by Crippen LogP contribution is 2.26. The first-order valence-corrected chi connectivity index (χ1v) is 10.4. The van der Waals surface area contributed by atoms with Crippen LogP contribution < -0.4 is 4.74 Å². The third kappa shape index (κ3) is 4.63. The van der Waals surface area contributed by atoms with E-state index in [9.17, 15) is 9.18 Å². The summed E-state index contributed by atoms with van der Waals surface area (Å²) in [7, 11) is 1.66. The normalized spacial score (nSPS) is 14.8. The zero-order valence-corrected chi connectivity index (χ0v) is 17.0. The van der Waals surface area contributed by atoms with Crippen molar-refractivity contribution in [2.75, 3.05) is 33.3 Å². The van der Waals surface area contributed by atoms with Crippen LogP contribution in [-0.4, -0.2) is 54.0 Å². The summed E-state index contributed by atoms with van der Waals surface area (Å²) in [6.45, 7) is 3.67. The van der Waals surface area contributed by atoms with E-state index in [2.05, 4.69) is 10.3 Å². The van der Waals surface area contributed by atoms with E-state index in [1.165, 1.54) is 12.1 Å². The number of benzene rings is 2. The first-order chi connectivity index (χ1) is 14.1. The SMILES string of the molecule is COc1cccc(-c2csc(CN3CCN(C(=O)c4ccc(F)cc4)CC3)n2)c1. The maximum atomic E-state index is 13.1. The minimum absolute atomic E-state index is 0.0424. The van der Waals surface area contributed by atoms with Crippen molar-refractivity contribution in [3.63, 3.8) is 0 Å². The number of carbonyl (C=O) groups is 1. The lowest BCUT2D eigenvalue weighted by Gasteiger charge is -2.34. The smallest absolute Gasteiger partial charge is 0.253 e. The number of amides is 1. The van der Waals surface area contributed by atoms with Crippen LogP contribution in [0.15, 0.2) is 53.9 Å². The minimum Gasteiger partial charge on any atom is -0.497 e. The molecule has 0 spiro atoms. The Hall–Kier alpha value is -2.77. The average Bonchev–Trinajstić information content (AvgIpc) is 3.23. The number of aromatic nitrogens is 1. The van der Waals surface area contributed by atoms with Crippen LogP contribution in [0, 0.1) is 5.82 Å². The lowest BCUT2D eigenvalue weighted by Crippen LogP contribution is -2.48. The van der Waals surface area contributed by atoms with Gasteiger partial charge in [-0.25, -0.2) is 9.37 Å². The van der Waals surface area contributed by atoms with Crippen molar-refractivity contribution in [1.82, 2.24) is 14.8 Å². The van der Waals surface area contributed by atoms with Gasteiger partial charge in [0.1, 0.15) is 16.6 Å². The van der Waals surface area contributed by atoms with Crippen LogP contribution in [-0.2, 0) is 6.54 Å². The summed E-state index contributed by atoms with van der Waals surface area (Å²) in [4.78, 5) is 21.5. The number of hydrogen-bond donors (Lipinski definition) is 0. The van der Waals surface area contributed by atoms with E-state index in [0.29, 0.717) is 18.7 Å². The fraction of sp³-hybridized carbons (Fsp3) is 0.273. The zero-order chi connectivity index (χ0) is 20.2. The molecule has 0 unspecified atom stereocenters. The highest BCUT2D eigenvalue weighted by Gasteiger charge is 2.22. The van der Waals surface area contributed by atoms with E-state index in [-0.39, 0.29) is 11.7 Å². The maximum absolute atomic E-state index is 13.1. The summed E-state index contributed by atoms with van der Waals surface area (Å²) >= 11 is 1.65. The molecule has 7 heteroatoms. The molecule has 0 N–H and O–H groups in total. The molecule has 3 aromatic rings. The van der Waals surface area contributed by atoms with E-state index in [0.717, 1.165) is 41.6 Å². The molecule has 2 aromatic carbocycles. The van der Waals surface area contributed by atoms with Crippen molar-refractivity contribution >= 4 is 17.2 Å². The van der Waals surface area contributed by atoms with Crippen LogP contribution in [0.4, 0.5) is 4.39 Å². The summed E-state index contributed by atoms with van der Waals surface area (Å²) in [6, 6.07) is 13.6. The van der Waals surface area contributed by atoms with Gasteiger partial charge in [0, 0.05) is 42.7 Å². The van der Waals surface area contributed by atoms with Gasteiger partial charge in [-0.3, -0.25) is 9.69 Å². The molecule has 29 heavy (non-hydrogen) atoms. The van der Waals surface area contributed by atoms with Crippen LogP contribution in [0.5, 0.6) is 5.75 Å². The number of methoxy groups -OCH3 is 1. The molecule has 1 amide bonds. The number of piperazine rings is 1. The second-order valence-electron chi connectivity index (χ2n) is 6.93. The van der Waals surface area contributed by atoms with Gasteiger partial charge in [0.05, 0.1) is 19.3 Å². The number of nitrogens with zero attached hydrogens (tertiary/aromatic N) is 3. The lowest BCUT2D eigenvalue weighted by molar-refractivity contribution is 0.0628. The Labute approximate surface area is 173 Å². The summed E-state index contributed by atoms with van der Waals surface area (Å²) in [5.41, 5.74) is 2.53. The summed E-state index contributed by atoms with van der Waals surface area (Å²) < 4.78 is 18.3. The zero-order valence-electron chi connectivity index (χ0n) is 16.2. The lowest BCUT2D eigenvalue weighted by atomic mass is 10.1. The second kappa shape index (κ2) is 8.71. The Morgan fingerprint density at radius 3 is 2.62 bits per heavy atom. The Bertz CT molecular complexity index is 982. The van der Waals surface area contributed by atoms with Gasteiger partial charge in [-0.05, 0) is 36.4 Å². The third-order valence-corrected chi connectivity index (χ3v) is 5.86. The summed E-state index contributed by atoms with van der Waals surface area (Å²) in [5.74, 6) is 0.446. The molecule has 0 aliphatic carbocycles. The van der Waals surface area contributed by atoms with Gasteiger partial charge < -0.3 is 9.64 Å². The van der Waals surface area contributed by atoms with E-state index in [1.807, 2.05) is 29.2 Å². The standard InChI is InChI=1S/C22H22FN3O2S/c1-28-19-4-2-3-17(13-19)20-15-29-21(24-20)14-25-9-11-26(12-10-25)22(27)16-5-7-18(23)8-6-16/h2-8,13,15H,9-12,14H2,1H3. The summed E-state index contributed by atoms with van der Waals surface area (Å²) in [5, 5.41) is 3.12. The molecule has 1 saturated heterocycles. The molecule has 5 nitrogen and oxygen atoms in total. The van der Waals surface area contributed by atoms with Crippen LogP contribution in [0.1, 0.15) is 15.4 Å². The molecule has 1 aliphatic heterocycles. The van der Waals surface area contributed by atoms with Gasteiger partial charge in [-0.1, -0.05) is 12.1 Å². The first-order valence-electron chi connectivity index (χ1n) is 9.48. The van der Waals surface area contributed by atoms with E-state index in [1.54, 1.807) is 30.6 Å². The van der Waals surface area contributed by atoms with Gasteiger partial charge in [0.2, 0.25) is 0 Å². The van der Waals surface area contributed by atoms with Crippen LogP contribution in [0.25, 0.3) is 11.3 Å². The predicted octanol–water partition coefficient (Wildman–Crippen LogP) is 3.92. The molecule has 1 aromatic heterocycles. The second-order valence-corrected chi connectivity index (χ2v) is 7.88. The number of thiazole rings is 1. The molecule has 0 radical (unpaired) electrons. The molecule has 1 fully saturated rings. The molecule has 0 saturated carbocycles.